The predicted octanol–water partition coefficient (Wildman–Crippen LogP) is 3.84. The Labute approximate surface area is 123 Å². The van der Waals surface area contributed by atoms with Crippen molar-refractivity contribution in [3.05, 3.63) is 58.4 Å². The molecule has 1 aromatic carbocycles. The van der Waals surface area contributed by atoms with E-state index in [2.05, 4.69) is 59.5 Å². The van der Waals surface area contributed by atoms with Crippen LogP contribution in [0, 0.1) is 0 Å². The van der Waals surface area contributed by atoms with Crippen LogP contribution in [-0.2, 0) is 19.4 Å². The minimum absolute atomic E-state index is 0.210. The Kier molecular flexibility index (Phi) is 3.90. The summed E-state index contributed by atoms with van der Waals surface area (Å²) in [7, 11) is 0. The number of benzene rings is 1. The molecule has 3 aromatic rings. The van der Waals surface area contributed by atoms with Crippen molar-refractivity contribution in [2.24, 2.45) is 5.73 Å². The normalized spacial score (nSPS) is 12.9. The van der Waals surface area contributed by atoms with Crippen LogP contribution in [0.15, 0.2) is 48.0 Å². The van der Waals surface area contributed by atoms with Crippen molar-refractivity contribution >= 4 is 22.2 Å². The van der Waals surface area contributed by atoms with E-state index in [1.165, 1.54) is 21.3 Å². The van der Waals surface area contributed by atoms with Gasteiger partial charge in [0.1, 0.15) is 0 Å². The predicted molar refractivity (Wildman–Crippen MR) is 87.3 cm³/mol. The van der Waals surface area contributed by atoms with Gasteiger partial charge < -0.3 is 10.3 Å². The third-order valence-electron chi connectivity index (χ3n) is 3.58. The van der Waals surface area contributed by atoms with Gasteiger partial charge in [0, 0.05) is 29.2 Å². The largest absolute Gasteiger partial charge is 0.347 e. The van der Waals surface area contributed by atoms with Crippen molar-refractivity contribution in [2.45, 2.75) is 32.4 Å². The Morgan fingerprint density at radius 2 is 2.15 bits per heavy atom. The lowest BCUT2D eigenvalue weighted by molar-refractivity contribution is 0.724. The van der Waals surface area contributed by atoms with Gasteiger partial charge in [-0.25, -0.2) is 0 Å². The van der Waals surface area contributed by atoms with Gasteiger partial charge in [0.2, 0.25) is 0 Å². The number of fused-ring (bicyclic) bond motifs is 1. The fraction of sp³-hybridized carbons (Fsp3) is 0.294. The zero-order chi connectivity index (χ0) is 13.9. The first kappa shape index (κ1) is 13.4. The van der Waals surface area contributed by atoms with Crippen molar-refractivity contribution in [1.29, 1.82) is 0 Å². The molecule has 2 aromatic heterocycles. The lowest BCUT2D eigenvalue weighted by atomic mass is 10.1. The number of aromatic nitrogens is 1. The van der Waals surface area contributed by atoms with Gasteiger partial charge in [0.15, 0.2) is 0 Å². The second kappa shape index (κ2) is 5.81. The summed E-state index contributed by atoms with van der Waals surface area (Å²) in [6, 6.07) is 13.4. The fourth-order valence-corrected chi connectivity index (χ4v) is 3.31. The third kappa shape index (κ3) is 2.94. The van der Waals surface area contributed by atoms with Gasteiger partial charge in [-0.3, -0.25) is 0 Å². The molecule has 0 fully saturated rings. The Hall–Kier alpha value is -1.58. The Morgan fingerprint density at radius 1 is 1.25 bits per heavy atom. The summed E-state index contributed by atoms with van der Waals surface area (Å²) >= 11 is 1.83. The number of hydrogen-bond donors (Lipinski definition) is 1. The number of aryl methyl sites for hydroxylation is 2. The Balaban J connectivity index is 1.83. The van der Waals surface area contributed by atoms with Crippen LogP contribution in [0.3, 0.4) is 0 Å². The molecule has 0 radical (unpaired) electrons. The summed E-state index contributed by atoms with van der Waals surface area (Å²) in [6.07, 6.45) is 4.22. The average molecular weight is 284 g/mol. The second-order valence-electron chi connectivity index (χ2n) is 5.41. The summed E-state index contributed by atoms with van der Waals surface area (Å²) in [5, 5.41) is 3.45. The third-order valence-corrected chi connectivity index (χ3v) is 4.51. The maximum Gasteiger partial charge on any atom is 0.0483 e. The summed E-state index contributed by atoms with van der Waals surface area (Å²) in [5.41, 5.74) is 8.54. The molecular formula is C17H20N2S. The number of thiophene rings is 1. The number of hydrogen-bond acceptors (Lipinski definition) is 2. The van der Waals surface area contributed by atoms with Crippen molar-refractivity contribution in [2.75, 3.05) is 0 Å². The zero-order valence-corrected chi connectivity index (χ0v) is 12.6. The summed E-state index contributed by atoms with van der Waals surface area (Å²) < 4.78 is 2.35. The van der Waals surface area contributed by atoms with E-state index in [9.17, 15) is 0 Å². The van der Waals surface area contributed by atoms with E-state index < -0.39 is 0 Å². The molecular weight excluding hydrogens is 264 g/mol. The van der Waals surface area contributed by atoms with Crippen molar-refractivity contribution in [3.63, 3.8) is 0 Å². The maximum atomic E-state index is 5.90. The van der Waals surface area contributed by atoms with Crippen LogP contribution >= 0.6 is 11.3 Å². The highest BCUT2D eigenvalue weighted by molar-refractivity contribution is 7.09. The highest BCUT2D eigenvalue weighted by Crippen LogP contribution is 2.20. The van der Waals surface area contributed by atoms with E-state index in [0.29, 0.717) is 0 Å². The van der Waals surface area contributed by atoms with Gasteiger partial charge in [-0.15, -0.1) is 11.3 Å². The number of nitrogens with zero attached hydrogens (tertiary/aromatic N) is 1. The summed E-state index contributed by atoms with van der Waals surface area (Å²) in [4.78, 5) is 1.44. The van der Waals surface area contributed by atoms with Gasteiger partial charge in [0.05, 0.1) is 0 Å². The Morgan fingerprint density at radius 3 is 2.90 bits per heavy atom. The molecule has 1 unspecified atom stereocenters. The summed E-state index contributed by atoms with van der Waals surface area (Å²) in [5.74, 6) is 0. The molecule has 0 saturated carbocycles. The van der Waals surface area contributed by atoms with E-state index in [4.69, 9.17) is 5.73 Å². The van der Waals surface area contributed by atoms with Crippen molar-refractivity contribution < 1.29 is 0 Å². The quantitative estimate of drug-likeness (QED) is 0.758. The molecule has 2 N–H and O–H groups in total. The second-order valence-corrected chi connectivity index (χ2v) is 6.45. The first-order valence-electron chi connectivity index (χ1n) is 7.08. The molecule has 0 spiro atoms. The van der Waals surface area contributed by atoms with E-state index >= 15 is 0 Å². The van der Waals surface area contributed by atoms with Crippen molar-refractivity contribution in [1.82, 2.24) is 4.57 Å². The van der Waals surface area contributed by atoms with Crippen LogP contribution in [0.2, 0.25) is 0 Å². The minimum atomic E-state index is 0.210. The molecule has 0 bridgehead atoms. The van der Waals surface area contributed by atoms with Crippen LogP contribution in [0.1, 0.15) is 17.4 Å². The van der Waals surface area contributed by atoms with Crippen LogP contribution in [0.5, 0.6) is 0 Å². The van der Waals surface area contributed by atoms with Crippen molar-refractivity contribution in [3.8, 4) is 0 Å². The van der Waals surface area contributed by atoms with Gasteiger partial charge in [-0.05, 0) is 54.3 Å². The standard InChI is InChI=1S/C17H20N2S/c1-13(18)11-14-4-5-15-6-8-19(17(15)12-14)9-7-16-3-2-10-20-16/h2-6,8,10,12-13H,7,9,11,18H2,1H3. The van der Waals surface area contributed by atoms with Crippen LogP contribution in [-0.4, -0.2) is 10.6 Å². The molecule has 104 valence electrons. The molecule has 0 aliphatic rings. The highest BCUT2D eigenvalue weighted by atomic mass is 32.1. The summed E-state index contributed by atoms with van der Waals surface area (Å²) in [6.45, 7) is 3.09. The van der Waals surface area contributed by atoms with Crippen LogP contribution < -0.4 is 5.73 Å². The van der Waals surface area contributed by atoms with E-state index in [0.717, 1.165) is 19.4 Å². The molecule has 1 atom stereocenters. The van der Waals surface area contributed by atoms with Gasteiger partial charge in [-0.2, -0.15) is 0 Å². The molecule has 2 heterocycles. The minimum Gasteiger partial charge on any atom is -0.347 e. The van der Waals surface area contributed by atoms with E-state index in [1.807, 2.05) is 11.3 Å². The number of rotatable bonds is 5. The number of nitrogens with two attached hydrogens (primary N) is 1. The lowest BCUT2D eigenvalue weighted by Gasteiger charge is -2.08. The van der Waals surface area contributed by atoms with Crippen LogP contribution in [0.4, 0.5) is 0 Å². The van der Waals surface area contributed by atoms with Gasteiger partial charge in [-0.1, -0.05) is 18.2 Å². The molecule has 2 nitrogen and oxygen atoms in total. The SMILES string of the molecule is CC(N)Cc1ccc2ccn(CCc3cccs3)c2c1. The molecule has 0 aliphatic carbocycles. The fourth-order valence-electron chi connectivity index (χ4n) is 2.61. The van der Waals surface area contributed by atoms with E-state index in [1.54, 1.807) is 0 Å². The molecule has 3 rings (SSSR count). The van der Waals surface area contributed by atoms with Crippen LogP contribution in [0.25, 0.3) is 10.9 Å². The van der Waals surface area contributed by atoms with E-state index in [-0.39, 0.29) is 6.04 Å². The Bertz CT molecular complexity index is 680. The molecule has 3 heteroatoms. The first-order chi connectivity index (χ1) is 9.72. The molecule has 0 saturated heterocycles. The zero-order valence-electron chi connectivity index (χ0n) is 11.8. The first-order valence-corrected chi connectivity index (χ1v) is 7.96. The van der Waals surface area contributed by atoms with Gasteiger partial charge >= 0.3 is 0 Å². The lowest BCUT2D eigenvalue weighted by Crippen LogP contribution is -2.17. The maximum absolute atomic E-state index is 5.90. The topological polar surface area (TPSA) is 30.9 Å². The average Bonchev–Trinajstić information content (AvgIpc) is 3.04. The van der Waals surface area contributed by atoms with Gasteiger partial charge in [0.25, 0.3) is 0 Å². The molecule has 0 aliphatic heterocycles. The molecule has 20 heavy (non-hydrogen) atoms. The molecule has 0 amide bonds. The monoisotopic (exact) mass is 284 g/mol. The highest BCUT2D eigenvalue weighted by Gasteiger charge is 2.05. The smallest absolute Gasteiger partial charge is 0.0483 e.